The Kier molecular flexibility index (Phi) is 4.41. The molecule has 1 fully saturated rings. The van der Waals surface area contributed by atoms with Crippen molar-refractivity contribution in [1.29, 1.82) is 0 Å². The highest BCUT2D eigenvalue weighted by molar-refractivity contribution is 8.00. The number of carbonyl (C=O) groups excluding carboxylic acids is 1. The molecule has 1 aromatic rings. The minimum Gasteiger partial charge on any atom is -0.393 e. The second kappa shape index (κ2) is 5.93. The third-order valence-corrected chi connectivity index (χ3v) is 4.97. The van der Waals surface area contributed by atoms with Gasteiger partial charge in [0.2, 0.25) is 0 Å². The van der Waals surface area contributed by atoms with Gasteiger partial charge in [0.25, 0.3) is 11.6 Å². The maximum Gasteiger partial charge on any atom is 0.292 e. The Balaban J connectivity index is 2.16. The normalized spacial score (nSPS) is 18.1. The average molecular weight is 309 g/mol. The fourth-order valence-corrected chi connectivity index (χ4v) is 3.36. The van der Waals surface area contributed by atoms with Crippen LogP contribution in [0.5, 0.6) is 0 Å². The minimum absolute atomic E-state index is 0.0235. The predicted octanol–water partition coefficient (Wildman–Crippen LogP) is 2.53. The van der Waals surface area contributed by atoms with Crippen LogP contribution >= 0.6 is 11.8 Å². The van der Waals surface area contributed by atoms with Crippen LogP contribution in [0.3, 0.4) is 0 Å². The maximum absolute atomic E-state index is 12.5. The molecule has 0 unspecified atom stereocenters. The van der Waals surface area contributed by atoms with Crippen LogP contribution in [0.15, 0.2) is 18.2 Å². The molecule has 6 nitrogen and oxygen atoms in total. The van der Waals surface area contributed by atoms with Gasteiger partial charge < -0.3 is 10.6 Å². The third-order valence-electron chi connectivity index (χ3n) is 3.60. The van der Waals surface area contributed by atoms with Gasteiger partial charge in [0.1, 0.15) is 5.69 Å². The van der Waals surface area contributed by atoms with Crippen LogP contribution in [0.4, 0.5) is 11.4 Å². The Bertz CT molecular complexity index is 575. The van der Waals surface area contributed by atoms with Gasteiger partial charge >= 0.3 is 0 Å². The summed E-state index contributed by atoms with van der Waals surface area (Å²) < 4.78 is 0.170. The van der Waals surface area contributed by atoms with Crippen molar-refractivity contribution < 1.29 is 9.72 Å². The number of nitrogens with zero attached hydrogens (tertiary/aromatic N) is 2. The van der Waals surface area contributed by atoms with Crippen molar-refractivity contribution in [3.05, 3.63) is 33.9 Å². The molecular weight excluding hydrogens is 290 g/mol. The molecule has 1 saturated heterocycles. The summed E-state index contributed by atoms with van der Waals surface area (Å²) in [5.41, 5.74) is 5.91. The van der Waals surface area contributed by atoms with Crippen molar-refractivity contribution in [2.75, 3.05) is 24.6 Å². The van der Waals surface area contributed by atoms with Gasteiger partial charge in [-0.2, -0.15) is 11.8 Å². The number of hydrogen-bond acceptors (Lipinski definition) is 5. The van der Waals surface area contributed by atoms with E-state index in [4.69, 9.17) is 5.73 Å². The molecule has 7 heteroatoms. The van der Waals surface area contributed by atoms with Gasteiger partial charge in [0.15, 0.2) is 0 Å². The first-order valence-corrected chi connectivity index (χ1v) is 7.76. The van der Waals surface area contributed by atoms with E-state index < -0.39 is 4.92 Å². The van der Waals surface area contributed by atoms with Crippen LogP contribution in [0.1, 0.15) is 30.6 Å². The zero-order valence-electron chi connectivity index (χ0n) is 12.2. The molecule has 1 aliphatic heterocycles. The lowest BCUT2D eigenvalue weighted by Crippen LogP contribution is -2.33. The number of nitro benzene ring substituents is 1. The Morgan fingerprint density at radius 1 is 1.43 bits per heavy atom. The lowest BCUT2D eigenvalue weighted by molar-refractivity contribution is -0.383. The van der Waals surface area contributed by atoms with Gasteiger partial charge in [-0.3, -0.25) is 14.9 Å². The van der Waals surface area contributed by atoms with Gasteiger partial charge in [0, 0.05) is 35.2 Å². The number of carbonyl (C=O) groups is 1. The van der Waals surface area contributed by atoms with Crippen molar-refractivity contribution >= 4 is 29.0 Å². The molecule has 114 valence electrons. The second-order valence-corrected chi connectivity index (χ2v) is 7.48. The summed E-state index contributed by atoms with van der Waals surface area (Å²) in [6, 6.07) is 4.16. The lowest BCUT2D eigenvalue weighted by atomic mass is 10.1. The average Bonchev–Trinajstić information content (AvgIpc) is 2.58. The number of thioether (sulfide) groups is 1. The summed E-state index contributed by atoms with van der Waals surface area (Å²) in [6.07, 6.45) is 0.922. The number of benzene rings is 1. The largest absolute Gasteiger partial charge is 0.393 e. The molecule has 0 aliphatic carbocycles. The fraction of sp³-hybridized carbons (Fsp3) is 0.500. The molecule has 1 aromatic carbocycles. The molecule has 0 saturated carbocycles. The van der Waals surface area contributed by atoms with Gasteiger partial charge in [-0.1, -0.05) is 13.8 Å². The maximum atomic E-state index is 12.5. The van der Waals surface area contributed by atoms with Gasteiger partial charge in [0.05, 0.1) is 4.92 Å². The van der Waals surface area contributed by atoms with E-state index in [0.717, 1.165) is 12.2 Å². The highest BCUT2D eigenvalue weighted by atomic mass is 32.2. The zero-order valence-corrected chi connectivity index (χ0v) is 13.0. The number of anilines is 1. The monoisotopic (exact) mass is 309 g/mol. The number of nitrogens with two attached hydrogens (primary N) is 1. The summed E-state index contributed by atoms with van der Waals surface area (Å²) in [4.78, 5) is 24.5. The van der Waals surface area contributed by atoms with E-state index in [-0.39, 0.29) is 22.0 Å². The van der Waals surface area contributed by atoms with Crippen LogP contribution in [0.2, 0.25) is 0 Å². The van der Waals surface area contributed by atoms with E-state index in [1.807, 2.05) is 11.8 Å². The minimum atomic E-state index is -0.547. The highest BCUT2D eigenvalue weighted by Crippen LogP contribution is 2.31. The smallest absolute Gasteiger partial charge is 0.292 e. The molecule has 0 radical (unpaired) electrons. The first-order valence-electron chi connectivity index (χ1n) is 6.77. The summed E-state index contributed by atoms with van der Waals surface area (Å²) in [5.74, 6) is 0.774. The highest BCUT2D eigenvalue weighted by Gasteiger charge is 2.27. The van der Waals surface area contributed by atoms with E-state index in [9.17, 15) is 14.9 Å². The Morgan fingerprint density at radius 3 is 2.76 bits per heavy atom. The molecule has 0 atom stereocenters. The van der Waals surface area contributed by atoms with E-state index in [2.05, 4.69) is 13.8 Å². The Labute approximate surface area is 127 Å². The van der Waals surface area contributed by atoms with Crippen LogP contribution < -0.4 is 5.73 Å². The summed E-state index contributed by atoms with van der Waals surface area (Å²) in [5, 5.41) is 10.7. The van der Waals surface area contributed by atoms with E-state index in [1.54, 1.807) is 4.90 Å². The Hall–Kier alpha value is -1.76. The molecule has 1 heterocycles. The van der Waals surface area contributed by atoms with Crippen LogP contribution in [-0.2, 0) is 0 Å². The quantitative estimate of drug-likeness (QED) is 0.515. The van der Waals surface area contributed by atoms with Crippen molar-refractivity contribution in [3.8, 4) is 0 Å². The number of rotatable bonds is 2. The molecule has 2 N–H and O–H groups in total. The first kappa shape index (κ1) is 15.6. The van der Waals surface area contributed by atoms with Crippen LogP contribution in [0.25, 0.3) is 0 Å². The molecule has 21 heavy (non-hydrogen) atoms. The van der Waals surface area contributed by atoms with Crippen molar-refractivity contribution in [1.82, 2.24) is 4.90 Å². The van der Waals surface area contributed by atoms with E-state index >= 15 is 0 Å². The van der Waals surface area contributed by atoms with E-state index in [0.29, 0.717) is 18.7 Å². The molecule has 1 amide bonds. The lowest BCUT2D eigenvalue weighted by Gasteiger charge is -2.22. The van der Waals surface area contributed by atoms with Crippen molar-refractivity contribution in [2.45, 2.75) is 25.0 Å². The van der Waals surface area contributed by atoms with Gasteiger partial charge in [-0.25, -0.2) is 0 Å². The fourth-order valence-electron chi connectivity index (χ4n) is 2.26. The van der Waals surface area contributed by atoms with Crippen LogP contribution in [-0.4, -0.2) is 39.3 Å². The second-order valence-electron chi connectivity index (χ2n) is 5.68. The molecule has 0 bridgehead atoms. The van der Waals surface area contributed by atoms with Crippen LogP contribution in [0, 0.1) is 10.1 Å². The standard InChI is InChI=1S/C14H19N3O3S/c1-14(2)5-6-16(7-8-21-14)13(18)10-3-4-12(17(19)20)11(15)9-10/h3-4,9H,5-8,15H2,1-2H3. The zero-order chi connectivity index (χ0) is 15.6. The molecule has 0 spiro atoms. The summed E-state index contributed by atoms with van der Waals surface area (Å²) in [6.45, 7) is 5.73. The molecular formula is C14H19N3O3S. The predicted molar refractivity (Wildman–Crippen MR) is 84.6 cm³/mol. The van der Waals surface area contributed by atoms with Crippen molar-refractivity contribution in [3.63, 3.8) is 0 Å². The number of amides is 1. The van der Waals surface area contributed by atoms with E-state index in [1.165, 1.54) is 18.2 Å². The van der Waals surface area contributed by atoms with Gasteiger partial charge in [-0.15, -0.1) is 0 Å². The summed E-state index contributed by atoms with van der Waals surface area (Å²) >= 11 is 1.86. The summed E-state index contributed by atoms with van der Waals surface area (Å²) in [7, 11) is 0. The number of hydrogen-bond donors (Lipinski definition) is 1. The molecule has 2 rings (SSSR count). The topological polar surface area (TPSA) is 89.5 Å². The number of nitro groups is 1. The SMILES string of the molecule is CC1(C)CCN(C(=O)c2ccc([N+](=O)[O-])c(N)c2)CCS1. The van der Waals surface area contributed by atoms with Crippen molar-refractivity contribution in [2.24, 2.45) is 0 Å². The first-order chi connectivity index (χ1) is 9.80. The Morgan fingerprint density at radius 2 is 2.14 bits per heavy atom. The van der Waals surface area contributed by atoms with Gasteiger partial charge in [-0.05, 0) is 18.6 Å². The number of nitrogen functional groups attached to an aromatic ring is 1. The molecule has 0 aromatic heterocycles. The molecule has 1 aliphatic rings. The third kappa shape index (κ3) is 3.66.